The van der Waals surface area contributed by atoms with Crippen molar-refractivity contribution in [2.75, 3.05) is 13.1 Å². The summed E-state index contributed by atoms with van der Waals surface area (Å²) in [6.07, 6.45) is 0.150. The first-order valence-corrected chi connectivity index (χ1v) is 5.60. The number of carbonyl (C=O) groups is 1. The van der Waals surface area contributed by atoms with Crippen LogP contribution in [0.5, 0.6) is 0 Å². The Balaban J connectivity index is 3.04. The second-order valence-electron chi connectivity index (χ2n) is 3.75. The maximum atomic E-state index is 13.2. The molecular formula is C12H12FN3O3. The van der Waals surface area contributed by atoms with Crippen molar-refractivity contribution in [1.29, 1.82) is 5.26 Å². The van der Waals surface area contributed by atoms with Crippen molar-refractivity contribution in [3.63, 3.8) is 0 Å². The molecule has 19 heavy (non-hydrogen) atoms. The molecule has 0 radical (unpaired) electrons. The summed E-state index contributed by atoms with van der Waals surface area (Å²) in [5.74, 6) is -1.37. The summed E-state index contributed by atoms with van der Waals surface area (Å²) in [7, 11) is 0. The van der Waals surface area contributed by atoms with Gasteiger partial charge in [0.2, 0.25) is 0 Å². The summed E-state index contributed by atoms with van der Waals surface area (Å²) in [5.41, 5.74) is -0.564. The van der Waals surface area contributed by atoms with E-state index >= 15 is 0 Å². The van der Waals surface area contributed by atoms with Crippen LogP contribution >= 0.6 is 0 Å². The number of benzene rings is 1. The zero-order valence-electron chi connectivity index (χ0n) is 10.3. The lowest BCUT2D eigenvalue weighted by Crippen LogP contribution is -2.31. The highest BCUT2D eigenvalue weighted by Gasteiger charge is 2.18. The molecule has 0 aliphatic heterocycles. The van der Waals surface area contributed by atoms with Gasteiger partial charge in [0, 0.05) is 24.7 Å². The van der Waals surface area contributed by atoms with Crippen LogP contribution in [0.3, 0.4) is 0 Å². The Morgan fingerprint density at radius 1 is 1.53 bits per heavy atom. The average Bonchev–Trinajstić information content (AvgIpc) is 2.38. The fourth-order valence-corrected chi connectivity index (χ4v) is 1.57. The van der Waals surface area contributed by atoms with Gasteiger partial charge < -0.3 is 4.90 Å². The molecule has 100 valence electrons. The van der Waals surface area contributed by atoms with E-state index in [2.05, 4.69) is 0 Å². The van der Waals surface area contributed by atoms with Crippen molar-refractivity contribution in [3.8, 4) is 6.07 Å². The van der Waals surface area contributed by atoms with Crippen LogP contribution in [0.25, 0.3) is 0 Å². The van der Waals surface area contributed by atoms with Crippen LogP contribution in [0.15, 0.2) is 18.2 Å². The largest absolute Gasteiger partial charge is 0.338 e. The van der Waals surface area contributed by atoms with Gasteiger partial charge in [-0.05, 0) is 13.0 Å². The van der Waals surface area contributed by atoms with Gasteiger partial charge in [0.1, 0.15) is 5.82 Å². The molecule has 0 saturated heterocycles. The summed E-state index contributed by atoms with van der Waals surface area (Å²) in [6, 6.07) is 4.63. The zero-order chi connectivity index (χ0) is 14.4. The number of rotatable bonds is 5. The Labute approximate surface area is 109 Å². The molecule has 0 spiro atoms. The van der Waals surface area contributed by atoms with E-state index < -0.39 is 22.3 Å². The van der Waals surface area contributed by atoms with Crippen LogP contribution in [0, 0.1) is 27.3 Å². The number of carbonyl (C=O) groups excluding carboxylic acids is 1. The number of nitrogens with zero attached hydrogens (tertiary/aromatic N) is 3. The first kappa shape index (κ1) is 14.6. The van der Waals surface area contributed by atoms with Crippen LogP contribution in [0.4, 0.5) is 10.1 Å². The highest BCUT2D eigenvalue weighted by atomic mass is 19.1. The number of non-ortho nitro benzene ring substituents is 1. The molecule has 0 aliphatic carbocycles. The van der Waals surface area contributed by atoms with Crippen LogP contribution < -0.4 is 0 Å². The summed E-state index contributed by atoms with van der Waals surface area (Å²) in [6.45, 7) is 2.25. The summed E-state index contributed by atoms with van der Waals surface area (Å²) >= 11 is 0. The van der Waals surface area contributed by atoms with Crippen LogP contribution in [0.2, 0.25) is 0 Å². The van der Waals surface area contributed by atoms with Crippen LogP contribution in [0.1, 0.15) is 23.7 Å². The minimum Gasteiger partial charge on any atom is -0.338 e. The van der Waals surface area contributed by atoms with E-state index in [1.165, 1.54) is 4.90 Å². The molecule has 0 aromatic heterocycles. The van der Waals surface area contributed by atoms with Crippen molar-refractivity contribution in [2.24, 2.45) is 0 Å². The normalized spacial score (nSPS) is 9.74. The molecule has 0 saturated carbocycles. The number of hydrogen-bond donors (Lipinski definition) is 0. The lowest BCUT2D eigenvalue weighted by atomic mass is 10.1. The van der Waals surface area contributed by atoms with Gasteiger partial charge in [-0.1, -0.05) is 0 Å². The first-order chi connectivity index (χ1) is 8.99. The highest BCUT2D eigenvalue weighted by Crippen LogP contribution is 2.17. The third-order valence-corrected chi connectivity index (χ3v) is 2.50. The van der Waals surface area contributed by atoms with Gasteiger partial charge in [0.05, 0.1) is 23.5 Å². The zero-order valence-corrected chi connectivity index (χ0v) is 10.3. The third kappa shape index (κ3) is 3.74. The van der Waals surface area contributed by atoms with E-state index in [-0.39, 0.29) is 18.5 Å². The first-order valence-electron chi connectivity index (χ1n) is 5.60. The van der Waals surface area contributed by atoms with Gasteiger partial charge in [-0.3, -0.25) is 14.9 Å². The fourth-order valence-electron chi connectivity index (χ4n) is 1.57. The maximum absolute atomic E-state index is 13.2. The van der Waals surface area contributed by atoms with Gasteiger partial charge in [-0.15, -0.1) is 0 Å². The van der Waals surface area contributed by atoms with Crippen molar-refractivity contribution in [1.82, 2.24) is 4.90 Å². The smallest absolute Gasteiger partial charge is 0.273 e. The quantitative estimate of drug-likeness (QED) is 0.602. The lowest BCUT2D eigenvalue weighted by Gasteiger charge is -2.19. The number of halogens is 1. The van der Waals surface area contributed by atoms with E-state index in [1.54, 1.807) is 6.92 Å². The second-order valence-corrected chi connectivity index (χ2v) is 3.75. The molecule has 1 amide bonds. The molecular weight excluding hydrogens is 253 g/mol. The predicted molar refractivity (Wildman–Crippen MR) is 64.9 cm³/mol. The average molecular weight is 265 g/mol. The van der Waals surface area contributed by atoms with Crippen molar-refractivity contribution in [3.05, 3.63) is 39.7 Å². The maximum Gasteiger partial charge on any atom is 0.273 e. The van der Waals surface area contributed by atoms with E-state index in [0.717, 1.165) is 18.2 Å². The van der Waals surface area contributed by atoms with Gasteiger partial charge in [-0.25, -0.2) is 4.39 Å². The summed E-state index contributed by atoms with van der Waals surface area (Å²) in [4.78, 5) is 23.2. The molecule has 0 bridgehead atoms. The second kappa shape index (κ2) is 6.44. The topological polar surface area (TPSA) is 87.2 Å². The van der Waals surface area contributed by atoms with Crippen LogP contribution in [-0.2, 0) is 0 Å². The molecule has 1 aromatic carbocycles. The Morgan fingerprint density at radius 2 is 2.21 bits per heavy atom. The molecule has 1 aromatic rings. The number of nitro benzene ring substituents is 1. The Kier molecular flexibility index (Phi) is 4.94. The Morgan fingerprint density at radius 3 is 2.74 bits per heavy atom. The molecule has 0 aliphatic rings. The van der Waals surface area contributed by atoms with E-state index in [1.807, 2.05) is 6.07 Å². The van der Waals surface area contributed by atoms with Gasteiger partial charge >= 0.3 is 0 Å². The van der Waals surface area contributed by atoms with E-state index in [4.69, 9.17) is 5.26 Å². The summed E-state index contributed by atoms with van der Waals surface area (Å²) in [5, 5.41) is 19.1. The number of amides is 1. The molecule has 0 heterocycles. The Bertz CT molecular complexity index is 540. The summed E-state index contributed by atoms with van der Waals surface area (Å²) < 4.78 is 13.2. The molecule has 1 rings (SSSR count). The molecule has 7 heteroatoms. The minimum absolute atomic E-state index is 0.0912. The van der Waals surface area contributed by atoms with Gasteiger partial charge in [-0.2, -0.15) is 5.26 Å². The number of nitro groups is 1. The van der Waals surface area contributed by atoms with E-state index in [9.17, 15) is 19.3 Å². The molecule has 0 unspecified atom stereocenters. The van der Waals surface area contributed by atoms with E-state index in [0.29, 0.717) is 6.54 Å². The predicted octanol–water partition coefficient (Wildman–Crippen LogP) is 2.11. The highest BCUT2D eigenvalue weighted by molar-refractivity contribution is 5.94. The number of nitriles is 1. The SMILES string of the molecule is CCN(CCC#N)C(=O)c1cc(F)cc([N+](=O)[O-])c1. The molecule has 0 atom stereocenters. The molecule has 0 N–H and O–H groups in total. The monoisotopic (exact) mass is 265 g/mol. The van der Waals surface area contributed by atoms with Gasteiger partial charge in [0.25, 0.3) is 11.6 Å². The third-order valence-electron chi connectivity index (χ3n) is 2.50. The van der Waals surface area contributed by atoms with Crippen molar-refractivity contribution in [2.45, 2.75) is 13.3 Å². The van der Waals surface area contributed by atoms with Crippen LogP contribution in [-0.4, -0.2) is 28.8 Å². The van der Waals surface area contributed by atoms with Gasteiger partial charge in [0.15, 0.2) is 0 Å². The van der Waals surface area contributed by atoms with Crippen molar-refractivity contribution >= 4 is 11.6 Å². The fraction of sp³-hybridized carbons (Fsp3) is 0.333. The molecule has 6 nitrogen and oxygen atoms in total. The minimum atomic E-state index is -0.839. The standard InChI is InChI=1S/C12H12FN3O3/c1-2-15(5-3-4-14)12(17)9-6-10(13)8-11(7-9)16(18)19/h6-8H,2-3,5H2,1H3. The van der Waals surface area contributed by atoms with Crippen molar-refractivity contribution < 1.29 is 14.1 Å². The lowest BCUT2D eigenvalue weighted by molar-refractivity contribution is -0.385. The Hall–Kier alpha value is -2.49. The molecule has 0 fully saturated rings. The number of hydrogen-bond acceptors (Lipinski definition) is 4.